The van der Waals surface area contributed by atoms with Gasteiger partial charge in [0.25, 0.3) is 0 Å². The monoisotopic (exact) mass is 294 g/mol. The standard InChI is InChI=1S/C16H26N2O3/c1-4-9-17-13(2)14-7-5-6-8-15(14)18-16(19)12-21-11-10-20-3/h5-8,13,17H,4,9-12H2,1-3H3,(H,18,19). The Kier molecular flexibility index (Phi) is 8.66. The van der Waals surface area contributed by atoms with E-state index < -0.39 is 0 Å². The normalized spacial score (nSPS) is 12.1. The van der Waals surface area contributed by atoms with E-state index in [4.69, 9.17) is 9.47 Å². The summed E-state index contributed by atoms with van der Waals surface area (Å²) in [5.41, 5.74) is 1.91. The Morgan fingerprint density at radius 2 is 2.05 bits per heavy atom. The lowest BCUT2D eigenvalue weighted by Crippen LogP contribution is -2.23. The predicted molar refractivity (Wildman–Crippen MR) is 84.5 cm³/mol. The van der Waals surface area contributed by atoms with Gasteiger partial charge in [-0.3, -0.25) is 4.79 Å². The van der Waals surface area contributed by atoms with Gasteiger partial charge in [-0.1, -0.05) is 25.1 Å². The van der Waals surface area contributed by atoms with Gasteiger partial charge in [-0.25, -0.2) is 0 Å². The maximum Gasteiger partial charge on any atom is 0.250 e. The number of hydrogen-bond acceptors (Lipinski definition) is 4. The molecule has 0 fully saturated rings. The molecule has 1 unspecified atom stereocenters. The van der Waals surface area contributed by atoms with Crippen molar-refractivity contribution in [1.29, 1.82) is 0 Å². The average molecular weight is 294 g/mol. The topological polar surface area (TPSA) is 59.6 Å². The van der Waals surface area contributed by atoms with Gasteiger partial charge >= 0.3 is 0 Å². The zero-order valence-electron chi connectivity index (χ0n) is 13.1. The molecule has 21 heavy (non-hydrogen) atoms. The van der Waals surface area contributed by atoms with E-state index in [2.05, 4.69) is 24.5 Å². The van der Waals surface area contributed by atoms with E-state index in [0.29, 0.717) is 13.2 Å². The fraction of sp³-hybridized carbons (Fsp3) is 0.562. The number of methoxy groups -OCH3 is 1. The second-order valence-electron chi connectivity index (χ2n) is 4.86. The van der Waals surface area contributed by atoms with E-state index in [-0.39, 0.29) is 18.6 Å². The highest BCUT2D eigenvalue weighted by atomic mass is 16.5. The third kappa shape index (κ3) is 6.71. The first kappa shape index (κ1) is 17.6. The Bertz CT molecular complexity index is 424. The van der Waals surface area contributed by atoms with Crippen LogP contribution < -0.4 is 10.6 Å². The Morgan fingerprint density at radius 3 is 2.76 bits per heavy atom. The minimum atomic E-state index is -0.152. The van der Waals surface area contributed by atoms with Gasteiger partial charge in [-0.2, -0.15) is 0 Å². The Balaban J connectivity index is 2.55. The third-order valence-corrected chi connectivity index (χ3v) is 3.07. The maximum atomic E-state index is 11.9. The Morgan fingerprint density at radius 1 is 1.29 bits per heavy atom. The van der Waals surface area contributed by atoms with Crippen molar-refractivity contribution in [3.63, 3.8) is 0 Å². The number of hydrogen-bond donors (Lipinski definition) is 2. The molecule has 5 heteroatoms. The first-order valence-corrected chi connectivity index (χ1v) is 7.37. The van der Waals surface area contributed by atoms with Crippen molar-refractivity contribution in [3.05, 3.63) is 29.8 Å². The molecule has 0 aliphatic carbocycles. The molecule has 1 amide bonds. The van der Waals surface area contributed by atoms with Gasteiger partial charge in [0.1, 0.15) is 6.61 Å². The van der Waals surface area contributed by atoms with E-state index in [0.717, 1.165) is 24.2 Å². The van der Waals surface area contributed by atoms with E-state index in [1.54, 1.807) is 7.11 Å². The van der Waals surface area contributed by atoms with Crippen LogP contribution in [0.5, 0.6) is 0 Å². The Labute approximate surface area is 127 Å². The zero-order chi connectivity index (χ0) is 15.5. The lowest BCUT2D eigenvalue weighted by Gasteiger charge is -2.18. The molecule has 0 spiro atoms. The van der Waals surface area contributed by atoms with Crippen LogP contribution in [0.2, 0.25) is 0 Å². The summed E-state index contributed by atoms with van der Waals surface area (Å²) >= 11 is 0. The molecule has 5 nitrogen and oxygen atoms in total. The fourth-order valence-corrected chi connectivity index (χ4v) is 1.95. The molecule has 0 aliphatic heterocycles. The lowest BCUT2D eigenvalue weighted by molar-refractivity contribution is -0.121. The summed E-state index contributed by atoms with van der Waals surface area (Å²) in [6.45, 7) is 6.11. The molecular weight excluding hydrogens is 268 g/mol. The number of carbonyl (C=O) groups excluding carboxylic acids is 1. The van der Waals surface area contributed by atoms with E-state index in [9.17, 15) is 4.79 Å². The largest absolute Gasteiger partial charge is 0.382 e. The van der Waals surface area contributed by atoms with E-state index in [1.165, 1.54) is 0 Å². The average Bonchev–Trinajstić information content (AvgIpc) is 2.50. The van der Waals surface area contributed by atoms with Crippen molar-refractivity contribution in [2.24, 2.45) is 0 Å². The molecule has 1 aromatic carbocycles. The molecule has 1 aromatic rings. The minimum absolute atomic E-state index is 0.0362. The molecule has 118 valence electrons. The number of anilines is 1. The molecule has 0 radical (unpaired) electrons. The van der Waals surface area contributed by atoms with Crippen LogP contribution in [0.1, 0.15) is 31.9 Å². The van der Waals surface area contributed by atoms with Crippen LogP contribution in [0.25, 0.3) is 0 Å². The van der Waals surface area contributed by atoms with Crippen molar-refractivity contribution >= 4 is 11.6 Å². The number of carbonyl (C=O) groups is 1. The summed E-state index contributed by atoms with van der Waals surface area (Å²) in [5.74, 6) is -0.152. The molecule has 2 N–H and O–H groups in total. The summed E-state index contributed by atoms with van der Waals surface area (Å²) in [5, 5.41) is 6.32. The summed E-state index contributed by atoms with van der Waals surface area (Å²) in [7, 11) is 1.60. The number of ether oxygens (including phenoxy) is 2. The van der Waals surface area contributed by atoms with Gasteiger partial charge in [0.05, 0.1) is 13.2 Å². The van der Waals surface area contributed by atoms with E-state index >= 15 is 0 Å². The van der Waals surface area contributed by atoms with Crippen LogP contribution >= 0.6 is 0 Å². The first-order chi connectivity index (χ1) is 10.2. The van der Waals surface area contributed by atoms with Crippen molar-refractivity contribution in [3.8, 4) is 0 Å². The minimum Gasteiger partial charge on any atom is -0.382 e. The molecule has 0 heterocycles. The number of rotatable bonds is 10. The highest BCUT2D eigenvalue weighted by Gasteiger charge is 2.11. The highest BCUT2D eigenvalue weighted by Crippen LogP contribution is 2.22. The first-order valence-electron chi connectivity index (χ1n) is 7.37. The van der Waals surface area contributed by atoms with Gasteiger partial charge in [0.15, 0.2) is 0 Å². The second-order valence-corrected chi connectivity index (χ2v) is 4.86. The summed E-state index contributed by atoms with van der Waals surface area (Å²) < 4.78 is 10.1. The van der Waals surface area contributed by atoms with Crippen molar-refractivity contribution in [1.82, 2.24) is 5.32 Å². The fourth-order valence-electron chi connectivity index (χ4n) is 1.95. The van der Waals surface area contributed by atoms with Gasteiger partial charge in [0, 0.05) is 18.8 Å². The van der Waals surface area contributed by atoms with Gasteiger partial charge in [-0.15, -0.1) is 0 Å². The molecule has 0 aromatic heterocycles. The predicted octanol–water partition coefficient (Wildman–Crippen LogP) is 2.35. The number of benzene rings is 1. The molecule has 0 aliphatic rings. The highest BCUT2D eigenvalue weighted by molar-refractivity contribution is 5.92. The summed E-state index contributed by atoms with van der Waals surface area (Å²) in [6.07, 6.45) is 1.08. The second kappa shape index (κ2) is 10.3. The molecule has 1 atom stereocenters. The summed E-state index contributed by atoms with van der Waals surface area (Å²) in [6, 6.07) is 8.01. The number of nitrogens with one attached hydrogen (secondary N) is 2. The Hall–Kier alpha value is -1.43. The van der Waals surface area contributed by atoms with Crippen LogP contribution in [-0.2, 0) is 14.3 Å². The molecule has 0 bridgehead atoms. The number of amides is 1. The molecule has 0 saturated heterocycles. The van der Waals surface area contributed by atoms with E-state index in [1.807, 2.05) is 24.3 Å². The van der Waals surface area contributed by atoms with Crippen LogP contribution in [0.15, 0.2) is 24.3 Å². The van der Waals surface area contributed by atoms with Crippen LogP contribution in [0, 0.1) is 0 Å². The number of para-hydroxylation sites is 1. The van der Waals surface area contributed by atoms with Gasteiger partial charge in [0.2, 0.25) is 5.91 Å². The SMILES string of the molecule is CCCNC(C)c1ccccc1NC(=O)COCCOC. The summed E-state index contributed by atoms with van der Waals surface area (Å²) in [4.78, 5) is 11.9. The zero-order valence-corrected chi connectivity index (χ0v) is 13.1. The van der Waals surface area contributed by atoms with Crippen LogP contribution in [-0.4, -0.2) is 39.4 Å². The maximum absolute atomic E-state index is 11.9. The smallest absolute Gasteiger partial charge is 0.250 e. The van der Waals surface area contributed by atoms with Crippen molar-refractivity contribution in [2.45, 2.75) is 26.3 Å². The molecular formula is C16H26N2O3. The van der Waals surface area contributed by atoms with Crippen molar-refractivity contribution in [2.75, 3.05) is 38.8 Å². The van der Waals surface area contributed by atoms with Crippen LogP contribution in [0.3, 0.4) is 0 Å². The van der Waals surface area contributed by atoms with Crippen molar-refractivity contribution < 1.29 is 14.3 Å². The van der Waals surface area contributed by atoms with Gasteiger partial charge < -0.3 is 20.1 Å². The quantitative estimate of drug-likeness (QED) is 0.650. The van der Waals surface area contributed by atoms with Gasteiger partial charge in [-0.05, 0) is 31.5 Å². The van der Waals surface area contributed by atoms with Crippen LogP contribution in [0.4, 0.5) is 5.69 Å². The molecule has 0 saturated carbocycles. The third-order valence-electron chi connectivity index (χ3n) is 3.07. The molecule has 1 rings (SSSR count). The lowest BCUT2D eigenvalue weighted by atomic mass is 10.1.